The van der Waals surface area contributed by atoms with Gasteiger partial charge in [-0.05, 0) is 26.8 Å². The van der Waals surface area contributed by atoms with Crippen molar-refractivity contribution in [1.82, 2.24) is 19.4 Å². The molecule has 6 nitrogen and oxygen atoms in total. The van der Waals surface area contributed by atoms with E-state index in [0.717, 1.165) is 0 Å². The molecule has 32 heavy (non-hydrogen) atoms. The number of aryl methyl sites for hydroxylation is 1. The van der Waals surface area contributed by atoms with Crippen LogP contribution in [0.4, 0.5) is 13.2 Å². The molecule has 0 bridgehead atoms. The summed E-state index contributed by atoms with van der Waals surface area (Å²) in [6, 6.07) is 7.81. The number of hydrogen-bond acceptors (Lipinski definition) is 5. The van der Waals surface area contributed by atoms with Crippen LogP contribution in [0.2, 0.25) is 0 Å². The molecule has 3 aromatic heterocycles. The van der Waals surface area contributed by atoms with Crippen molar-refractivity contribution in [3.05, 3.63) is 77.4 Å². The summed E-state index contributed by atoms with van der Waals surface area (Å²) in [7, 11) is 0. The topological polar surface area (TPSA) is 72.5 Å². The fourth-order valence-corrected chi connectivity index (χ4v) is 3.46. The Labute approximate surface area is 182 Å². The minimum atomic E-state index is -2.94. The summed E-state index contributed by atoms with van der Waals surface area (Å²) in [4.78, 5) is 12.8. The summed E-state index contributed by atoms with van der Waals surface area (Å²) in [5, 5.41) is 10.1. The summed E-state index contributed by atoms with van der Waals surface area (Å²) < 4.78 is 46.8. The summed E-state index contributed by atoms with van der Waals surface area (Å²) in [5.41, 5.74) is 1.95. The maximum Gasteiger partial charge on any atom is 0.387 e. The van der Waals surface area contributed by atoms with Crippen LogP contribution in [-0.4, -0.2) is 31.1 Å². The molecule has 0 unspecified atom stereocenters. The van der Waals surface area contributed by atoms with Gasteiger partial charge in [0, 0.05) is 29.9 Å². The monoisotopic (exact) mass is 442 g/mol. The van der Waals surface area contributed by atoms with Crippen molar-refractivity contribution >= 4 is 5.65 Å². The highest BCUT2D eigenvalue weighted by Crippen LogP contribution is 2.28. The van der Waals surface area contributed by atoms with E-state index in [0.29, 0.717) is 28.3 Å². The maximum atomic E-state index is 14.8. The highest BCUT2D eigenvalue weighted by molar-refractivity contribution is 5.62. The third-order valence-electron chi connectivity index (χ3n) is 5.11. The molecular formula is C23H21F3N4O2. The fraction of sp³-hybridized carbons (Fsp3) is 0.261. The minimum Gasteiger partial charge on any atom is -0.435 e. The lowest BCUT2D eigenvalue weighted by molar-refractivity contribution is -0.0504. The zero-order chi connectivity index (χ0) is 23.0. The Bertz CT molecular complexity index is 1260. The van der Waals surface area contributed by atoms with E-state index in [1.54, 1.807) is 49.6 Å². The van der Waals surface area contributed by atoms with Crippen molar-refractivity contribution in [2.75, 3.05) is 0 Å². The molecule has 0 aliphatic rings. The van der Waals surface area contributed by atoms with Crippen LogP contribution >= 0.6 is 0 Å². The first-order valence-electron chi connectivity index (χ1n) is 9.88. The predicted molar refractivity (Wildman–Crippen MR) is 112 cm³/mol. The smallest absolute Gasteiger partial charge is 0.387 e. The Morgan fingerprint density at radius 3 is 2.56 bits per heavy atom. The van der Waals surface area contributed by atoms with Crippen molar-refractivity contribution in [2.45, 2.75) is 39.4 Å². The van der Waals surface area contributed by atoms with Gasteiger partial charge in [0.05, 0.1) is 35.0 Å². The quantitative estimate of drug-likeness (QED) is 0.470. The lowest BCUT2D eigenvalue weighted by atomic mass is 10.1. The molecule has 0 amide bonds. The first-order chi connectivity index (χ1) is 15.1. The second-order valence-electron chi connectivity index (χ2n) is 7.92. The average molecular weight is 442 g/mol. The van der Waals surface area contributed by atoms with Crippen LogP contribution in [0.3, 0.4) is 0 Å². The van der Waals surface area contributed by atoms with E-state index < -0.39 is 18.0 Å². The van der Waals surface area contributed by atoms with Crippen LogP contribution in [0.5, 0.6) is 5.75 Å². The molecule has 3 heterocycles. The lowest BCUT2D eigenvalue weighted by Crippen LogP contribution is -2.17. The second-order valence-corrected chi connectivity index (χ2v) is 7.92. The van der Waals surface area contributed by atoms with Gasteiger partial charge in [-0.3, -0.25) is 9.97 Å². The Balaban J connectivity index is 1.77. The highest BCUT2D eigenvalue weighted by Gasteiger charge is 2.20. The molecule has 1 aromatic carbocycles. The minimum absolute atomic E-state index is 0.0762. The van der Waals surface area contributed by atoms with E-state index in [2.05, 4.69) is 19.7 Å². The Kier molecular flexibility index (Phi) is 5.60. The molecule has 166 valence electrons. The van der Waals surface area contributed by atoms with Gasteiger partial charge in [0.25, 0.3) is 0 Å². The molecule has 0 aliphatic carbocycles. The molecule has 4 aromatic rings. The molecule has 9 heteroatoms. The largest absolute Gasteiger partial charge is 0.435 e. The number of benzene rings is 1. The average Bonchev–Trinajstić information content (AvgIpc) is 3.02. The number of fused-ring (bicyclic) bond motifs is 1. The van der Waals surface area contributed by atoms with Gasteiger partial charge in [0.2, 0.25) is 0 Å². The maximum absolute atomic E-state index is 14.8. The van der Waals surface area contributed by atoms with Crippen molar-refractivity contribution in [2.24, 2.45) is 0 Å². The number of nitrogens with zero attached hydrogens (tertiary/aromatic N) is 4. The van der Waals surface area contributed by atoms with Crippen molar-refractivity contribution in [1.29, 1.82) is 0 Å². The Morgan fingerprint density at radius 1 is 1.16 bits per heavy atom. The lowest BCUT2D eigenvalue weighted by Gasteiger charge is -2.16. The van der Waals surface area contributed by atoms with E-state index in [1.807, 2.05) is 0 Å². The van der Waals surface area contributed by atoms with Gasteiger partial charge < -0.3 is 14.2 Å². The number of ether oxygens (including phenoxy) is 1. The van der Waals surface area contributed by atoms with Crippen molar-refractivity contribution < 1.29 is 23.0 Å². The van der Waals surface area contributed by atoms with E-state index in [1.165, 1.54) is 24.5 Å². The highest BCUT2D eigenvalue weighted by atomic mass is 19.3. The number of aromatic nitrogens is 4. The van der Waals surface area contributed by atoms with Crippen LogP contribution in [-0.2, 0) is 12.0 Å². The Hall–Kier alpha value is -3.46. The first kappa shape index (κ1) is 21.8. The van der Waals surface area contributed by atoms with Gasteiger partial charge >= 0.3 is 6.61 Å². The molecule has 0 aliphatic heterocycles. The van der Waals surface area contributed by atoms with Crippen molar-refractivity contribution in [3.8, 4) is 17.0 Å². The zero-order valence-corrected chi connectivity index (χ0v) is 17.7. The molecule has 0 atom stereocenters. The summed E-state index contributed by atoms with van der Waals surface area (Å²) in [6.45, 7) is 2.00. The molecule has 0 radical (unpaired) electrons. The van der Waals surface area contributed by atoms with Crippen molar-refractivity contribution in [3.63, 3.8) is 0 Å². The molecule has 0 fully saturated rings. The number of para-hydroxylation sites is 1. The predicted octanol–water partition coefficient (Wildman–Crippen LogP) is 4.66. The molecule has 1 N–H and O–H groups in total. The standard InChI is InChI=1S/C23H21F3N4O2/c1-13-18(8-14-6-4-5-7-19(14)32-22(25)26)30-12-15(16(24)9-21(30)29-13)17-10-28-20(11-27-17)23(2,3)31/h4-7,9-12,22,31H,8H2,1-3H3. The SMILES string of the molecule is Cc1nc2cc(F)c(-c3cnc(C(C)(C)O)cn3)cn2c1Cc1ccccc1OC(F)F. The molecule has 0 saturated carbocycles. The van der Waals surface area contributed by atoms with E-state index >= 15 is 0 Å². The molecule has 4 rings (SSSR count). The van der Waals surface area contributed by atoms with Gasteiger partial charge in [0.1, 0.15) is 22.8 Å². The number of rotatable bonds is 6. The van der Waals surface area contributed by atoms with Gasteiger partial charge in [-0.25, -0.2) is 9.37 Å². The molecule has 0 spiro atoms. The van der Waals surface area contributed by atoms with Crippen LogP contribution in [0.15, 0.2) is 48.9 Å². The van der Waals surface area contributed by atoms with Crippen LogP contribution in [0.25, 0.3) is 16.9 Å². The fourth-order valence-electron chi connectivity index (χ4n) is 3.46. The first-order valence-corrected chi connectivity index (χ1v) is 9.88. The number of halogens is 3. The number of alkyl halides is 2. The van der Waals surface area contributed by atoms with Crippen LogP contribution in [0, 0.1) is 12.7 Å². The van der Waals surface area contributed by atoms with E-state index in [9.17, 15) is 18.3 Å². The summed E-state index contributed by atoms with van der Waals surface area (Å²) in [6.07, 6.45) is 4.61. The third-order valence-corrected chi connectivity index (χ3v) is 5.11. The van der Waals surface area contributed by atoms with Crippen LogP contribution < -0.4 is 4.74 Å². The normalized spacial score (nSPS) is 12.0. The number of aliphatic hydroxyl groups is 1. The van der Waals surface area contributed by atoms with Gasteiger partial charge in [0.15, 0.2) is 0 Å². The second kappa shape index (κ2) is 8.23. The third kappa shape index (κ3) is 4.29. The van der Waals surface area contributed by atoms with E-state index in [-0.39, 0.29) is 23.4 Å². The van der Waals surface area contributed by atoms with Crippen LogP contribution in [0.1, 0.15) is 36.5 Å². The van der Waals surface area contributed by atoms with Gasteiger partial charge in [-0.2, -0.15) is 8.78 Å². The number of imidazole rings is 1. The summed E-state index contributed by atoms with van der Waals surface area (Å²) >= 11 is 0. The molecule has 0 saturated heterocycles. The van der Waals surface area contributed by atoms with Gasteiger partial charge in [-0.1, -0.05) is 18.2 Å². The van der Waals surface area contributed by atoms with Gasteiger partial charge in [-0.15, -0.1) is 0 Å². The Morgan fingerprint density at radius 2 is 1.91 bits per heavy atom. The number of pyridine rings is 1. The molecular weight excluding hydrogens is 421 g/mol. The number of hydrogen-bond donors (Lipinski definition) is 1. The summed E-state index contributed by atoms with van der Waals surface area (Å²) in [5.74, 6) is -0.451. The zero-order valence-electron chi connectivity index (χ0n) is 17.7. The van der Waals surface area contributed by atoms with E-state index in [4.69, 9.17) is 0 Å².